The van der Waals surface area contributed by atoms with Crippen LogP contribution in [0, 0.1) is 10.1 Å². The first-order chi connectivity index (χ1) is 13.1. The molecule has 28 heavy (non-hydrogen) atoms. The van der Waals surface area contributed by atoms with Gasteiger partial charge in [0.05, 0.1) is 17.2 Å². The summed E-state index contributed by atoms with van der Waals surface area (Å²) < 4.78 is 5.34. The molecule has 2 aliphatic rings. The van der Waals surface area contributed by atoms with E-state index in [2.05, 4.69) is 0 Å². The van der Waals surface area contributed by atoms with Gasteiger partial charge in [0.25, 0.3) is 17.5 Å². The van der Waals surface area contributed by atoms with E-state index in [9.17, 15) is 24.5 Å². The lowest BCUT2D eigenvalue weighted by molar-refractivity contribution is -0.385. The van der Waals surface area contributed by atoms with E-state index in [-0.39, 0.29) is 23.5 Å². The molecule has 1 saturated heterocycles. The summed E-state index contributed by atoms with van der Waals surface area (Å²) >= 11 is 0. The summed E-state index contributed by atoms with van der Waals surface area (Å²) in [5, 5.41) is 11.2. The quantitative estimate of drug-likeness (QED) is 0.438. The smallest absolute Gasteiger partial charge is 0.410 e. The largest absolute Gasteiger partial charge is 0.444 e. The fraction of sp³-hybridized carbons (Fsp3) is 0.500. The predicted molar refractivity (Wildman–Crippen MR) is 97.8 cm³/mol. The molecule has 0 spiro atoms. The zero-order valence-electron chi connectivity index (χ0n) is 16.0. The molecule has 150 valence electrons. The van der Waals surface area contributed by atoms with E-state index in [4.69, 9.17) is 4.74 Å². The molecule has 1 fully saturated rings. The number of rotatable bonds is 3. The number of nitrogens with zero attached hydrogens (tertiary/aromatic N) is 4. The zero-order chi connectivity index (χ0) is 20.6. The van der Waals surface area contributed by atoms with Crippen molar-refractivity contribution < 1.29 is 24.0 Å². The van der Waals surface area contributed by atoms with E-state index in [0.717, 1.165) is 4.90 Å². The maximum atomic E-state index is 12.6. The molecule has 10 nitrogen and oxygen atoms in total. The normalized spacial score (nSPS) is 17.7. The van der Waals surface area contributed by atoms with Gasteiger partial charge in [0.15, 0.2) is 0 Å². The number of carbonyl (C=O) groups is 3. The number of carbonyl (C=O) groups excluding carboxylic acids is 3. The van der Waals surface area contributed by atoms with Gasteiger partial charge in [-0.05, 0) is 26.8 Å². The highest BCUT2D eigenvalue weighted by Crippen LogP contribution is 2.30. The molecule has 10 heteroatoms. The highest BCUT2D eigenvalue weighted by atomic mass is 16.6. The number of nitro groups is 1. The summed E-state index contributed by atoms with van der Waals surface area (Å²) in [7, 11) is 0. The Hall–Kier alpha value is -3.01. The number of amides is 3. The van der Waals surface area contributed by atoms with Crippen LogP contribution in [0.2, 0.25) is 0 Å². The molecule has 0 N–H and O–H groups in total. The minimum atomic E-state index is -0.665. The first-order valence-electron chi connectivity index (χ1n) is 8.92. The van der Waals surface area contributed by atoms with Gasteiger partial charge in [0.2, 0.25) is 0 Å². The second-order valence-electron chi connectivity index (χ2n) is 7.72. The summed E-state index contributed by atoms with van der Waals surface area (Å²) in [6, 6.07) is 4.03. The van der Waals surface area contributed by atoms with Crippen molar-refractivity contribution in [2.45, 2.75) is 26.4 Å². The minimum Gasteiger partial charge on any atom is -0.444 e. The second-order valence-corrected chi connectivity index (χ2v) is 7.72. The number of piperazine rings is 1. The van der Waals surface area contributed by atoms with E-state index in [1.165, 1.54) is 18.2 Å². The van der Waals surface area contributed by atoms with Gasteiger partial charge < -0.3 is 9.64 Å². The Morgan fingerprint density at radius 1 is 1.14 bits per heavy atom. The number of hydrogen-bond acceptors (Lipinski definition) is 7. The standard InChI is InChI=1S/C18H22N4O6/c1-18(2,3)28-17(25)20-9-7-19(8-10-20)11-21-15(23)12-5-4-6-13(22(26)27)14(12)16(21)24/h4-6H,7-11H2,1-3H3. The van der Waals surface area contributed by atoms with Gasteiger partial charge in [0.1, 0.15) is 11.2 Å². The number of benzene rings is 1. The van der Waals surface area contributed by atoms with Crippen molar-refractivity contribution in [3.8, 4) is 0 Å². The van der Waals surface area contributed by atoms with Crippen molar-refractivity contribution >= 4 is 23.6 Å². The number of fused-ring (bicyclic) bond motifs is 1. The molecular weight excluding hydrogens is 368 g/mol. The second kappa shape index (κ2) is 7.19. The van der Waals surface area contributed by atoms with Gasteiger partial charge in [-0.2, -0.15) is 0 Å². The van der Waals surface area contributed by atoms with Crippen molar-refractivity contribution in [1.29, 1.82) is 0 Å². The summed E-state index contributed by atoms with van der Waals surface area (Å²) in [4.78, 5) is 52.3. The molecule has 0 bridgehead atoms. The Morgan fingerprint density at radius 3 is 2.36 bits per heavy atom. The molecule has 0 unspecified atom stereocenters. The van der Waals surface area contributed by atoms with Crippen LogP contribution in [0.1, 0.15) is 41.5 Å². The van der Waals surface area contributed by atoms with E-state index in [0.29, 0.717) is 26.2 Å². The van der Waals surface area contributed by atoms with Crippen LogP contribution in [0.5, 0.6) is 0 Å². The lowest BCUT2D eigenvalue weighted by Gasteiger charge is -2.36. The summed E-state index contributed by atoms with van der Waals surface area (Å²) in [6.45, 7) is 7.11. The van der Waals surface area contributed by atoms with Crippen molar-refractivity contribution in [3.63, 3.8) is 0 Å². The molecule has 1 aromatic carbocycles. The molecule has 0 atom stereocenters. The maximum absolute atomic E-state index is 12.6. The highest BCUT2D eigenvalue weighted by Gasteiger charge is 2.41. The van der Waals surface area contributed by atoms with E-state index < -0.39 is 28.4 Å². The molecule has 0 radical (unpaired) electrons. The zero-order valence-corrected chi connectivity index (χ0v) is 16.0. The Kier molecular flexibility index (Phi) is 5.07. The van der Waals surface area contributed by atoms with Crippen molar-refractivity contribution in [3.05, 3.63) is 39.4 Å². The Balaban J connectivity index is 1.64. The first kappa shape index (κ1) is 19.7. The fourth-order valence-electron chi connectivity index (χ4n) is 3.19. The van der Waals surface area contributed by atoms with Crippen molar-refractivity contribution in [2.24, 2.45) is 0 Å². The fourth-order valence-corrected chi connectivity index (χ4v) is 3.19. The third-order valence-electron chi connectivity index (χ3n) is 4.54. The number of imide groups is 1. The summed E-state index contributed by atoms with van der Waals surface area (Å²) in [6.07, 6.45) is -0.400. The molecule has 2 aliphatic heterocycles. The molecule has 3 amide bonds. The molecule has 0 saturated carbocycles. The van der Waals surface area contributed by atoms with Crippen LogP contribution in [0.4, 0.5) is 10.5 Å². The monoisotopic (exact) mass is 390 g/mol. The van der Waals surface area contributed by atoms with Gasteiger partial charge in [-0.15, -0.1) is 0 Å². The molecular formula is C18H22N4O6. The van der Waals surface area contributed by atoms with Gasteiger partial charge >= 0.3 is 6.09 Å². The van der Waals surface area contributed by atoms with Crippen LogP contribution < -0.4 is 0 Å². The molecule has 0 aliphatic carbocycles. The summed E-state index contributed by atoms with van der Waals surface area (Å²) in [5.74, 6) is -1.21. The van der Waals surface area contributed by atoms with E-state index in [1.807, 2.05) is 4.90 Å². The minimum absolute atomic E-state index is 0.0195. The summed E-state index contributed by atoms with van der Waals surface area (Å²) in [5.41, 5.74) is -1.06. The van der Waals surface area contributed by atoms with Crippen LogP contribution in [0.15, 0.2) is 18.2 Å². The number of nitro benzene ring substituents is 1. The predicted octanol–water partition coefficient (Wildman–Crippen LogP) is 1.70. The number of ether oxygens (including phenoxy) is 1. The third-order valence-corrected chi connectivity index (χ3v) is 4.54. The van der Waals surface area contributed by atoms with Crippen molar-refractivity contribution in [2.75, 3.05) is 32.8 Å². The van der Waals surface area contributed by atoms with Gasteiger partial charge in [-0.3, -0.25) is 29.5 Å². The lowest BCUT2D eigenvalue weighted by Crippen LogP contribution is -2.53. The van der Waals surface area contributed by atoms with E-state index in [1.54, 1.807) is 25.7 Å². The van der Waals surface area contributed by atoms with Gasteiger partial charge in [-0.25, -0.2) is 4.79 Å². The topological polar surface area (TPSA) is 113 Å². The van der Waals surface area contributed by atoms with Crippen LogP contribution in [0.3, 0.4) is 0 Å². The first-order valence-corrected chi connectivity index (χ1v) is 8.92. The highest BCUT2D eigenvalue weighted by molar-refractivity contribution is 6.23. The average molecular weight is 390 g/mol. The molecule has 2 heterocycles. The Labute approximate surface area is 161 Å². The molecule has 0 aromatic heterocycles. The van der Waals surface area contributed by atoms with Crippen LogP contribution in [-0.4, -0.2) is 76.0 Å². The third kappa shape index (κ3) is 3.81. The Bertz CT molecular complexity index is 839. The SMILES string of the molecule is CC(C)(C)OC(=O)N1CCN(CN2C(=O)c3cccc([N+](=O)[O-])c3C2=O)CC1. The van der Waals surface area contributed by atoms with Gasteiger partial charge in [0, 0.05) is 32.2 Å². The average Bonchev–Trinajstić information content (AvgIpc) is 2.86. The van der Waals surface area contributed by atoms with Crippen LogP contribution >= 0.6 is 0 Å². The Morgan fingerprint density at radius 2 is 1.79 bits per heavy atom. The molecule has 1 aromatic rings. The number of hydrogen-bond donors (Lipinski definition) is 0. The van der Waals surface area contributed by atoms with Crippen molar-refractivity contribution in [1.82, 2.24) is 14.7 Å². The maximum Gasteiger partial charge on any atom is 0.410 e. The molecule has 3 rings (SSSR count). The van der Waals surface area contributed by atoms with Crippen LogP contribution in [-0.2, 0) is 4.74 Å². The van der Waals surface area contributed by atoms with Gasteiger partial charge in [-0.1, -0.05) is 6.07 Å². The van der Waals surface area contributed by atoms with E-state index >= 15 is 0 Å². The lowest BCUT2D eigenvalue weighted by atomic mass is 10.1. The van der Waals surface area contributed by atoms with Crippen LogP contribution in [0.25, 0.3) is 0 Å².